The molecule has 1 heterocycles. The fraction of sp³-hybridized carbons (Fsp3) is 0.0769. The molecule has 0 atom stereocenters. The first kappa shape index (κ1) is 14.6. The van der Waals surface area contributed by atoms with E-state index in [2.05, 4.69) is 26.2 Å². The van der Waals surface area contributed by atoms with Crippen LogP contribution in [-0.2, 0) is 0 Å². The molecule has 1 aromatic carbocycles. The maximum Gasteiger partial charge on any atom is 0.354 e. The highest BCUT2D eigenvalue weighted by Crippen LogP contribution is 2.27. The summed E-state index contributed by atoms with van der Waals surface area (Å²) in [6.45, 7) is 1.70. The van der Waals surface area contributed by atoms with Crippen molar-refractivity contribution in [1.29, 1.82) is 0 Å². The van der Waals surface area contributed by atoms with Gasteiger partial charge in [-0.15, -0.1) is 0 Å². The molecule has 0 aliphatic carbocycles. The molecule has 1 aromatic heterocycles. The van der Waals surface area contributed by atoms with Crippen molar-refractivity contribution >= 4 is 45.1 Å². The summed E-state index contributed by atoms with van der Waals surface area (Å²) in [5, 5.41) is 11.9. The largest absolute Gasteiger partial charge is 0.477 e. The van der Waals surface area contributed by atoms with E-state index in [9.17, 15) is 9.59 Å². The minimum absolute atomic E-state index is 0.0676. The molecule has 2 rings (SSSR count). The molecule has 7 heteroatoms. The zero-order valence-corrected chi connectivity index (χ0v) is 12.7. The topological polar surface area (TPSA) is 82.2 Å². The van der Waals surface area contributed by atoms with Crippen molar-refractivity contribution in [3.63, 3.8) is 0 Å². The average molecular weight is 358 g/mol. The van der Waals surface area contributed by atoms with Crippen molar-refractivity contribution in [2.45, 2.75) is 6.92 Å². The third kappa shape index (κ3) is 2.86. The molecule has 20 heavy (non-hydrogen) atoms. The zero-order chi connectivity index (χ0) is 14.9. The molecule has 2 aromatic rings. The first-order valence-electron chi connectivity index (χ1n) is 5.58. The van der Waals surface area contributed by atoms with Gasteiger partial charge in [0, 0.05) is 10.2 Å². The first-order valence-corrected chi connectivity index (χ1v) is 6.75. The van der Waals surface area contributed by atoms with Crippen LogP contribution in [0.25, 0.3) is 0 Å². The van der Waals surface area contributed by atoms with Crippen LogP contribution in [0.5, 0.6) is 0 Å². The Morgan fingerprint density at radius 3 is 2.75 bits per heavy atom. The van der Waals surface area contributed by atoms with Gasteiger partial charge in [0.1, 0.15) is 5.69 Å². The second-order valence-electron chi connectivity index (χ2n) is 4.10. The number of carbonyl (C=O) groups excluding carboxylic acids is 1. The third-order valence-corrected chi connectivity index (χ3v) is 3.91. The van der Waals surface area contributed by atoms with Crippen LogP contribution in [-0.4, -0.2) is 22.0 Å². The molecule has 0 radical (unpaired) electrons. The summed E-state index contributed by atoms with van der Waals surface area (Å²) < 4.78 is 0.593. The Bertz CT molecular complexity index is 697. The van der Waals surface area contributed by atoms with E-state index in [1.54, 1.807) is 31.2 Å². The molecule has 0 spiro atoms. The number of carbonyl (C=O) groups is 2. The lowest BCUT2D eigenvalue weighted by molar-refractivity contribution is 0.0692. The van der Waals surface area contributed by atoms with Gasteiger partial charge >= 0.3 is 5.97 Å². The quantitative estimate of drug-likeness (QED) is 0.783. The van der Waals surface area contributed by atoms with Crippen molar-refractivity contribution in [2.75, 3.05) is 5.32 Å². The van der Waals surface area contributed by atoms with Crippen molar-refractivity contribution in [2.24, 2.45) is 0 Å². The number of H-pyrrole nitrogens is 1. The minimum atomic E-state index is -1.14. The van der Waals surface area contributed by atoms with Gasteiger partial charge in [0.25, 0.3) is 5.91 Å². The second-order valence-corrected chi connectivity index (χ2v) is 5.33. The average Bonchev–Trinajstić information content (AvgIpc) is 2.73. The molecular weight excluding hydrogens is 348 g/mol. The fourth-order valence-electron chi connectivity index (χ4n) is 1.73. The van der Waals surface area contributed by atoms with Crippen LogP contribution in [0.1, 0.15) is 26.5 Å². The standard InChI is InChI=1S/C13H10BrClN2O3/c1-6-5-9(11(16-6)13(19)20)17-12(18)7-3-2-4-8(14)10(7)15/h2-5,16H,1H3,(H,17,18)(H,19,20). The second kappa shape index (κ2) is 5.68. The number of halogens is 2. The molecule has 1 amide bonds. The van der Waals surface area contributed by atoms with Crippen molar-refractivity contribution in [3.05, 3.63) is 50.7 Å². The molecule has 5 nitrogen and oxygen atoms in total. The smallest absolute Gasteiger partial charge is 0.354 e. The summed E-state index contributed by atoms with van der Waals surface area (Å²) in [5.41, 5.74) is 1.03. The molecule has 0 aliphatic rings. The number of hydrogen-bond acceptors (Lipinski definition) is 2. The number of carboxylic acid groups (broad SMARTS) is 1. The number of aromatic nitrogens is 1. The molecule has 0 fully saturated rings. The van der Waals surface area contributed by atoms with Gasteiger partial charge in [-0.3, -0.25) is 4.79 Å². The highest BCUT2D eigenvalue weighted by atomic mass is 79.9. The van der Waals surface area contributed by atoms with Gasteiger partial charge in [0.2, 0.25) is 0 Å². The number of benzene rings is 1. The predicted molar refractivity (Wildman–Crippen MR) is 79.6 cm³/mol. The molecule has 0 saturated heterocycles. The summed E-state index contributed by atoms with van der Waals surface area (Å²) in [5.74, 6) is -1.62. The van der Waals surface area contributed by atoms with E-state index in [-0.39, 0.29) is 22.0 Å². The molecule has 0 aliphatic heterocycles. The lowest BCUT2D eigenvalue weighted by Gasteiger charge is -2.07. The number of aromatic amines is 1. The summed E-state index contributed by atoms with van der Waals surface area (Å²) in [7, 11) is 0. The number of aromatic carboxylic acids is 1. The Hall–Kier alpha value is -1.79. The zero-order valence-electron chi connectivity index (χ0n) is 10.3. The Balaban J connectivity index is 2.33. The molecule has 104 valence electrons. The minimum Gasteiger partial charge on any atom is -0.477 e. The Morgan fingerprint density at radius 1 is 1.40 bits per heavy atom. The van der Waals surface area contributed by atoms with Crippen LogP contribution in [0.3, 0.4) is 0 Å². The van der Waals surface area contributed by atoms with Gasteiger partial charge < -0.3 is 15.4 Å². The molecule has 0 saturated carbocycles. The number of rotatable bonds is 3. The van der Waals surface area contributed by atoms with E-state index >= 15 is 0 Å². The molecule has 0 bridgehead atoms. The Kier molecular flexibility index (Phi) is 4.15. The molecule has 0 unspecified atom stereocenters. The normalized spacial score (nSPS) is 10.3. The van der Waals surface area contributed by atoms with Gasteiger partial charge in [0.05, 0.1) is 16.3 Å². The summed E-state index contributed by atoms with van der Waals surface area (Å²) in [4.78, 5) is 25.9. The summed E-state index contributed by atoms with van der Waals surface area (Å²) in [6.07, 6.45) is 0. The van der Waals surface area contributed by atoms with Crippen molar-refractivity contribution in [3.8, 4) is 0 Å². The van der Waals surface area contributed by atoms with E-state index in [1.165, 1.54) is 0 Å². The Morgan fingerprint density at radius 2 is 2.10 bits per heavy atom. The fourth-order valence-corrected chi connectivity index (χ4v) is 2.30. The molecular formula is C13H10BrClN2O3. The maximum atomic E-state index is 12.1. The third-order valence-electron chi connectivity index (χ3n) is 2.61. The lowest BCUT2D eigenvalue weighted by atomic mass is 10.2. The maximum absolute atomic E-state index is 12.1. The summed E-state index contributed by atoms with van der Waals surface area (Å²) >= 11 is 9.26. The first-order chi connectivity index (χ1) is 9.40. The van der Waals surface area contributed by atoms with Crippen molar-refractivity contribution < 1.29 is 14.7 Å². The van der Waals surface area contributed by atoms with Crippen LogP contribution >= 0.6 is 27.5 Å². The highest BCUT2D eigenvalue weighted by Gasteiger charge is 2.18. The van der Waals surface area contributed by atoms with Crippen LogP contribution < -0.4 is 5.32 Å². The SMILES string of the molecule is Cc1cc(NC(=O)c2cccc(Br)c2Cl)c(C(=O)O)[nH]1. The van der Waals surface area contributed by atoms with E-state index < -0.39 is 11.9 Å². The number of nitrogens with one attached hydrogen (secondary N) is 2. The van der Waals surface area contributed by atoms with E-state index in [1.807, 2.05) is 0 Å². The van der Waals surface area contributed by atoms with Gasteiger partial charge in [-0.1, -0.05) is 17.7 Å². The van der Waals surface area contributed by atoms with E-state index in [0.717, 1.165) is 0 Å². The van der Waals surface area contributed by atoms with Crippen LogP contribution in [0.4, 0.5) is 5.69 Å². The number of anilines is 1. The number of amides is 1. The number of aryl methyl sites for hydroxylation is 1. The van der Waals surface area contributed by atoms with Crippen LogP contribution in [0.15, 0.2) is 28.7 Å². The lowest BCUT2D eigenvalue weighted by Crippen LogP contribution is -2.14. The van der Waals surface area contributed by atoms with Gasteiger partial charge in [-0.25, -0.2) is 4.79 Å². The highest BCUT2D eigenvalue weighted by molar-refractivity contribution is 9.10. The van der Waals surface area contributed by atoms with E-state index in [4.69, 9.17) is 16.7 Å². The van der Waals surface area contributed by atoms with E-state index in [0.29, 0.717) is 10.2 Å². The number of carboxylic acids is 1. The summed E-state index contributed by atoms with van der Waals surface area (Å²) in [6, 6.07) is 6.49. The van der Waals surface area contributed by atoms with Crippen molar-refractivity contribution in [1.82, 2.24) is 4.98 Å². The Labute approximate surface area is 128 Å². The predicted octanol–water partition coefficient (Wildman–Crippen LogP) is 3.69. The van der Waals surface area contributed by atoms with Gasteiger partial charge in [-0.05, 0) is 41.1 Å². The molecule has 3 N–H and O–H groups in total. The van der Waals surface area contributed by atoms with Crippen LogP contribution in [0.2, 0.25) is 5.02 Å². The monoisotopic (exact) mass is 356 g/mol. The van der Waals surface area contributed by atoms with Gasteiger partial charge in [-0.2, -0.15) is 0 Å². The number of hydrogen-bond donors (Lipinski definition) is 3. The van der Waals surface area contributed by atoms with Crippen LogP contribution in [0, 0.1) is 6.92 Å². The van der Waals surface area contributed by atoms with Gasteiger partial charge in [0.15, 0.2) is 0 Å².